The first-order valence-corrected chi connectivity index (χ1v) is 5.29. The summed E-state index contributed by atoms with van der Waals surface area (Å²) in [6.07, 6.45) is 8.36. The van der Waals surface area contributed by atoms with E-state index in [1.54, 1.807) is 12.2 Å². The molecule has 1 atom stereocenters. The number of hydrogen-bond acceptors (Lipinski definition) is 1. The van der Waals surface area contributed by atoms with Crippen LogP contribution in [0.1, 0.15) is 32.1 Å². The van der Waals surface area contributed by atoms with Crippen molar-refractivity contribution in [2.24, 2.45) is 5.92 Å². The Kier molecular flexibility index (Phi) is 2.80. The molecular weight excluding hydrogens is 179 g/mol. The second-order valence-electron chi connectivity index (χ2n) is 4.16. The molecule has 0 amide bonds. The van der Waals surface area contributed by atoms with E-state index >= 15 is 0 Å². The summed E-state index contributed by atoms with van der Waals surface area (Å²) in [6.45, 7) is 0. The van der Waals surface area contributed by atoms with Gasteiger partial charge in [0.05, 0.1) is 0 Å². The Labute approximate surface area is 83.7 Å². The second-order valence-corrected chi connectivity index (χ2v) is 4.16. The van der Waals surface area contributed by atoms with Gasteiger partial charge in [0.1, 0.15) is 12.0 Å². The highest BCUT2D eigenvalue weighted by Crippen LogP contribution is 2.32. The number of Topliss-reactive ketones (excluding diaryl/α,β-unsaturated/α-hetero) is 1. The number of halogens is 1. The van der Waals surface area contributed by atoms with Gasteiger partial charge in [-0.3, -0.25) is 4.79 Å². The largest absolute Gasteiger partial charge is 0.300 e. The SMILES string of the molecule is O=C1CCC(C2=CC=CC(F)C2)CC1. The van der Waals surface area contributed by atoms with Crippen LogP contribution in [0.25, 0.3) is 0 Å². The molecule has 2 aliphatic rings. The van der Waals surface area contributed by atoms with Crippen molar-refractivity contribution in [3.05, 3.63) is 23.8 Å². The minimum atomic E-state index is -0.812. The van der Waals surface area contributed by atoms with Gasteiger partial charge in [-0.05, 0) is 18.8 Å². The number of allylic oxidation sites excluding steroid dienone is 4. The second kappa shape index (κ2) is 4.07. The van der Waals surface area contributed by atoms with Gasteiger partial charge in [0.15, 0.2) is 0 Å². The molecule has 76 valence electrons. The van der Waals surface area contributed by atoms with E-state index in [0.717, 1.165) is 12.8 Å². The molecule has 2 aliphatic carbocycles. The van der Waals surface area contributed by atoms with Crippen LogP contribution in [0.15, 0.2) is 23.8 Å². The molecule has 0 aliphatic heterocycles. The summed E-state index contributed by atoms with van der Waals surface area (Å²) in [5.41, 5.74) is 1.20. The van der Waals surface area contributed by atoms with Gasteiger partial charge in [0.25, 0.3) is 0 Å². The molecule has 1 fully saturated rings. The van der Waals surface area contributed by atoms with Crippen molar-refractivity contribution < 1.29 is 9.18 Å². The lowest BCUT2D eigenvalue weighted by Gasteiger charge is -2.25. The Morgan fingerprint density at radius 3 is 2.64 bits per heavy atom. The van der Waals surface area contributed by atoms with E-state index in [2.05, 4.69) is 0 Å². The molecule has 0 aromatic heterocycles. The highest BCUT2D eigenvalue weighted by molar-refractivity contribution is 5.79. The first kappa shape index (κ1) is 9.63. The molecule has 0 aromatic carbocycles. The van der Waals surface area contributed by atoms with Crippen molar-refractivity contribution in [3.63, 3.8) is 0 Å². The minimum Gasteiger partial charge on any atom is -0.300 e. The van der Waals surface area contributed by atoms with E-state index in [4.69, 9.17) is 0 Å². The third-order valence-corrected chi connectivity index (χ3v) is 3.13. The zero-order chi connectivity index (χ0) is 9.97. The molecule has 1 unspecified atom stereocenters. The predicted octanol–water partition coefficient (Wildman–Crippen LogP) is 2.97. The van der Waals surface area contributed by atoms with Crippen LogP contribution in [0.4, 0.5) is 4.39 Å². The molecule has 2 rings (SSSR count). The zero-order valence-electron chi connectivity index (χ0n) is 8.21. The lowest BCUT2D eigenvalue weighted by molar-refractivity contribution is -0.120. The number of ketones is 1. The van der Waals surface area contributed by atoms with Crippen molar-refractivity contribution in [1.82, 2.24) is 0 Å². The van der Waals surface area contributed by atoms with Crippen molar-refractivity contribution in [2.45, 2.75) is 38.3 Å². The summed E-state index contributed by atoms with van der Waals surface area (Å²) in [5.74, 6) is 0.820. The van der Waals surface area contributed by atoms with Crippen LogP contribution >= 0.6 is 0 Å². The Morgan fingerprint density at radius 2 is 2.00 bits per heavy atom. The fourth-order valence-electron chi connectivity index (χ4n) is 2.27. The molecule has 0 bridgehead atoms. The summed E-state index contributed by atoms with van der Waals surface area (Å²) in [6, 6.07) is 0. The molecule has 0 heterocycles. The maximum Gasteiger partial charge on any atom is 0.132 e. The standard InChI is InChI=1S/C12H15FO/c13-11-3-1-2-10(8-11)9-4-6-12(14)7-5-9/h1-3,9,11H,4-8H2. The highest BCUT2D eigenvalue weighted by Gasteiger charge is 2.23. The first-order valence-electron chi connectivity index (χ1n) is 5.29. The number of carbonyl (C=O) groups excluding carboxylic acids is 1. The molecular formula is C12H15FO. The van der Waals surface area contributed by atoms with Gasteiger partial charge in [-0.25, -0.2) is 4.39 Å². The fraction of sp³-hybridized carbons (Fsp3) is 0.583. The Morgan fingerprint density at radius 1 is 1.29 bits per heavy atom. The summed E-state index contributed by atoms with van der Waals surface area (Å²) in [7, 11) is 0. The van der Waals surface area contributed by atoms with Gasteiger partial charge in [0.2, 0.25) is 0 Å². The summed E-state index contributed by atoms with van der Waals surface area (Å²) < 4.78 is 13.1. The number of rotatable bonds is 1. The van der Waals surface area contributed by atoms with E-state index in [-0.39, 0.29) is 0 Å². The maximum absolute atomic E-state index is 13.1. The van der Waals surface area contributed by atoms with Gasteiger partial charge < -0.3 is 0 Å². The van der Waals surface area contributed by atoms with E-state index in [1.165, 1.54) is 5.57 Å². The lowest BCUT2D eigenvalue weighted by atomic mass is 9.80. The molecule has 1 nitrogen and oxygen atoms in total. The molecule has 0 radical (unpaired) electrons. The molecule has 14 heavy (non-hydrogen) atoms. The van der Waals surface area contributed by atoms with Crippen LogP contribution in [0, 0.1) is 5.92 Å². The van der Waals surface area contributed by atoms with Gasteiger partial charge in [0, 0.05) is 19.3 Å². The fourth-order valence-corrected chi connectivity index (χ4v) is 2.27. The Balaban J connectivity index is 1.98. The number of hydrogen-bond donors (Lipinski definition) is 0. The highest BCUT2D eigenvalue weighted by atomic mass is 19.1. The van der Waals surface area contributed by atoms with Crippen LogP contribution in [0.3, 0.4) is 0 Å². The summed E-state index contributed by atoms with van der Waals surface area (Å²) >= 11 is 0. The van der Waals surface area contributed by atoms with Gasteiger partial charge in [-0.15, -0.1) is 0 Å². The lowest BCUT2D eigenvalue weighted by Crippen LogP contribution is -2.18. The van der Waals surface area contributed by atoms with Gasteiger partial charge >= 0.3 is 0 Å². The number of carbonyl (C=O) groups is 1. The van der Waals surface area contributed by atoms with Crippen LogP contribution < -0.4 is 0 Å². The third kappa shape index (κ3) is 2.11. The molecule has 0 spiro atoms. The number of alkyl halides is 1. The topological polar surface area (TPSA) is 17.1 Å². The monoisotopic (exact) mass is 194 g/mol. The normalized spacial score (nSPS) is 29.1. The van der Waals surface area contributed by atoms with Gasteiger partial charge in [-0.2, -0.15) is 0 Å². The molecule has 0 N–H and O–H groups in total. The first-order chi connectivity index (χ1) is 6.75. The molecule has 0 aromatic rings. The predicted molar refractivity (Wildman–Crippen MR) is 53.7 cm³/mol. The van der Waals surface area contributed by atoms with E-state index in [1.807, 2.05) is 6.08 Å². The molecule has 0 saturated heterocycles. The Hall–Kier alpha value is -0.920. The van der Waals surface area contributed by atoms with Crippen LogP contribution in [-0.4, -0.2) is 12.0 Å². The van der Waals surface area contributed by atoms with E-state index < -0.39 is 6.17 Å². The summed E-state index contributed by atoms with van der Waals surface area (Å²) in [4.78, 5) is 11.0. The maximum atomic E-state index is 13.1. The minimum absolute atomic E-state index is 0.366. The van der Waals surface area contributed by atoms with E-state index in [9.17, 15) is 9.18 Å². The van der Waals surface area contributed by atoms with Crippen LogP contribution in [-0.2, 0) is 4.79 Å². The smallest absolute Gasteiger partial charge is 0.132 e. The summed E-state index contributed by atoms with van der Waals surface area (Å²) in [5, 5.41) is 0. The quantitative estimate of drug-likeness (QED) is 0.627. The molecule has 1 saturated carbocycles. The van der Waals surface area contributed by atoms with Crippen LogP contribution in [0.2, 0.25) is 0 Å². The third-order valence-electron chi connectivity index (χ3n) is 3.13. The average Bonchev–Trinajstić information content (AvgIpc) is 2.19. The zero-order valence-corrected chi connectivity index (χ0v) is 8.21. The molecule has 2 heteroatoms. The Bertz CT molecular complexity index is 281. The van der Waals surface area contributed by atoms with Crippen molar-refractivity contribution in [2.75, 3.05) is 0 Å². The average molecular weight is 194 g/mol. The van der Waals surface area contributed by atoms with E-state index in [0.29, 0.717) is 31.0 Å². The van der Waals surface area contributed by atoms with Crippen molar-refractivity contribution >= 4 is 5.78 Å². The van der Waals surface area contributed by atoms with Crippen molar-refractivity contribution in [1.29, 1.82) is 0 Å². The van der Waals surface area contributed by atoms with Gasteiger partial charge in [-0.1, -0.05) is 23.8 Å². The van der Waals surface area contributed by atoms with Crippen molar-refractivity contribution in [3.8, 4) is 0 Å². The van der Waals surface area contributed by atoms with Crippen LogP contribution in [0.5, 0.6) is 0 Å².